The van der Waals surface area contributed by atoms with Gasteiger partial charge in [0.2, 0.25) is 0 Å². The second-order valence-electron chi connectivity index (χ2n) is 3.51. The first-order chi connectivity index (χ1) is 9.41. The van der Waals surface area contributed by atoms with Crippen molar-refractivity contribution in [3.8, 4) is 0 Å². The lowest BCUT2D eigenvalue weighted by Gasteiger charge is -2.05. The molecule has 0 atom stereocenters. The number of hydrogen-bond donors (Lipinski definition) is 2. The molecule has 116 valence electrons. The molecule has 0 aromatic heterocycles. The van der Waals surface area contributed by atoms with Crippen molar-refractivity contribution in [2.45, 2.75) is 0 Å². The van der Waals surface area contributed by atoms with E-state index in [0.717, 1.165) is 74.2 Å². The monoisotopic (exact) mass is 346 g/mol. The van der Waals surface area contributed by atoms with Gasteiger partial charge in [-0.05, 0) is 0 Å². The maximum Gasteiger partial charge on any atom is 0.0557 e. The summed E-state index contributed by atoms with van der Waals surface area (Å²) in [6.07, 6.45) is 0. The molecule has 0 spiro atoms. The summed E-state index contributed by atoms with van der Waals surface area (Å²) < 4.78 is 16.2. The predicted octanol–water partition coefficient (Wildman–Crippen LogP) is 2.36. The number of thiol groups is 2. The fourth-order valence-electron chi connectivity index (χ4n) is 1.11. The summed E-state index contributed by atoms with van der Waals surface area (Å²) in [5, 5.41) is 0. The summed E-state index contributed by atoms with van der Waals surface area (Å²) in [4.78, 5) is 0. The molecule has 0 saturated carbocycles. The van der Waals surface area contributed by atoms with Crippen LogP contribution in [0.15, 0.2) is 0 Å². The van der Waals surface area contributed by atoms with Crippen molar-refractivity contribution in [1.29, 1.82) is 0 Å². The lowest BCUT2D eigenvalue weighted by molar-refractivity contribution is 0.163. The molecule has 0 fully saturated rings. The van der Waals surface area contributed by atoms with Gasteiger partial charge in [0, 0.05) is 34.5 Å². The highest BCUT2D eigenvalue weighted by molar-refractivity contribution is 7.99. The molecule has 7 heteroatoms. The molecule has 0 radical (unpaired) electrons. The molecular formula is C12H26O3S4. The normalized spacial score (nSPS) is 11.1. The number of rotatable bonds is 16. The van der Waals surface area contributed by atoms with Gasteiger partial charge in [-0.3, -0.25) is 0 Å². The van der Waals surface area contributed by atoms with Gasteiger partial charge in [-0.15, -0.1) is 0 Å². The fourth-order valence-corrected chi connectivity index (χ4v) is 2.72. The van der Waals surface area contributed by atoms with Crippen LogP contribution in [0.4, 0.5) is 0 Å². The highest BCUT2D eigenvalue weighted by Crippen LogP contribution is 2.02. The Kier molecular flexibility index (Phi) is 20.6. The minimum atomic E-state index is 0.745. The highest BCUT2D eigenvalue weighted by atomic mass is 32.2. The topological polar surface area (TPSA) is 27.7 Å². The van der Waals surface area contributed by atoms with Crippen LogP contribution in [0.1, 0.15) is 0 Å². The van der Waals surface area contributed by atoms with E-state index < -0.39 is 0 Å². The average molecular weight is 347 g/mol. The minimum Gasteiger partial charge on any atom is -0.380 e. The van der Waals surface area contributed by atoms with Gasteiger partial charge in [0.1, 0.15) is 0 Å². The number of thioether (sulfide) groups is 2. The lowest BCUT2D eigenvalue weighted by atomic mass is 10.8. The second-order valence-corrected chi connectivity index (χ2v) is 6.85. The second kappa shape index (κ2) is 19.3. The first-order valence-corrected chi connectivity index (χ1v) is 10.1. The zero-order valence-corrected chi connectivity index (χ0v) is 14.8. The summed E-state index contributed by atoms with van der Waals surface area (Å²) >= 11 is 11.9. The van der Waals surface area contributed by atoms with Crippen LogP contribution in [0.3, 0.4) is 0 Å². The van der Waals surface area contributed by atoms with Gasteiger partial charge in [-0.25, -0.2) is 0 Å². The van der Waals surface area contributed by atoms with E-state index in [2.05, 4.69) is 25.3 Å². The average Bonchev–Trinajstić information content (AvgIpc) is 2.43. The quantitative estimate of drug-likeness (QED) is 0.331. The summed E-state index contributed by atoms with van der Waals surface area (Å²) in [6, 6.07) is 0. The Balaban J connectivity index is 2.88. The molecule has 0 bridgehead atoms. The minimum absolute atomic E-state index is 0.745. The lowest BCUT2D eigenvalue weighted by Crippen LogP contribution is -2.05. The van der Waals surface area contributed by atoms with Crippen molar-refractivity contribution >= 4 is 48.8 Å². The Labute approximate surface area is 137 Å². The largest absolute Gasteiger partial charge is 0.380 e. The molecule has 0 amide bonds. The van der Waals surface area contributed by atoms with E-state index in [1.54, 1.807) is 0 Å². The van der Waals surface area contributed by atoms with E-state index in [1.165, 1.54) is 0 Å². The molecule has 0 rings (SSSR count). The van der Waals surface area contributed by atoms with Crippen LogP contribution in [-0.2, 0) is 14.2 Å². The van der Waals surface area contributed by atoms with Gasteiger partial charge < -0.3 is 14.2 Å². The molecule has 3 nitrogen and oxygen atoms in total. The summed E-state index contributed by atoms with van der Waals surface area (Å²) in [5.74, 6) is 5.75. The van der Waals surface area contributed by atoms with E-state index in [9.17, 15) is 0 Å². The molecule has 0 aromatic rings. The third-order valence-corrected chi connectivity index (χ3v) is 4.15. The molecule has 0 unspecified atom stereocenters. The van der Waals surface area contributed by atoms with Crippen LogP contribution in [0.25, 0.3) is 0 Å². The molecule has 0 N–H and O–H groups in total. The van der Waals surface area contributed by atoms with Gasteiger partial charge in [0.05, 0.1) is 39.6 Å². The van der Waals surface area contributed by atoms with Gasteiger partial charge >= 0.3 is 0 Å². The van der Waals surface area contributed by atoms with Crippen LogP contribution in [0.2, 0.25) is 0 Å². The number of ether oxygens (including phenoxy) is 3. The smallest absolute Gasteiger partial charge is 0.0557 e. The van der Waals surface area contributed by atoms with Gasteiger partial charge in [0.15, 0.2) is 0 Å². The molecule has 0 saturated heterocycles. The van der Waals surface area contributed by atoms with Crippen LogP contribution in [-0.4, -0.2) is 74.2 Å². The Morgan fingerprint density at radius 3 is 1.16 bits per heavy atom. The van der Waals surface area contributed by atoms with Crippen LogP contribution in [0.5, 0.6) is 0 Å². The third-order valence-electron chi connectivity index (χ3n) is 1.96. The van der Waals surface area contributed by atoms with Crippen molar-refractivity contribution in [2.75, 3.05) is 74.2 Å². The summed E-state index contributed by atoms with van der Waals surface area (Å²) in [5.41, 5.74) is 0. The van der Waals surface area contributed by atoms with Crippen molar-refractivity contribution in [1.82, 2.24) is 0 Å². The highest BCUT2D eigenvalue weighted by Gasteiger charge is 1.93. The first-order valence-electron chi connectivity index (χ1n) is 6.52. The molecule has 0 aliphatic carbocycles. The van der Waals surface area contributed by atoms with E-state index in [4.69, 9.17) is 14.2 Å². The van der Waals surface area contributed by atoms with E-state index in [1.807, 2.05) is 23.5 Å². The SMILES string of the molecule is SCCOCCSCCOCCSCCOCCS. The van der Waals surface area contributed by atoms with Gasteiger partial charge in [-0.2, -0.15) is 48.8 Å². The standard InChI is InChI=1S/C12H26O3S4/c16-7-1-13-3-9-18-11-5-15-6-12-19-10-4-14-2-8-17/h16-17H,1-12H2. The molecule has 0 aliphatic rings. The maximum absolute atomic E-state index is 5.54. The van der Waals surface area contributed by atoms with Gasteiger partial charge in [-0.1, -0.05) is 0 Å². The first kappa shape index (κ1) is 20.3. The summed E-state index contributed by atoms with van der Waals surface area (Å²) in [6.45, 7) is 4.77. The Morgan fingerprint density at radius 2 is 0.842 bits per heavy atom. The Bertz CT molecular complexity index is 148. The van der Waals surface area contributed by atoms with Crippen molar-refractivity contribution in [2.24, 2.45) is 0 Å². The van der Waals surface area contributed by atoms with E-state index in [-0.39, 0.29) is 0 Å². The molecule has 0 heterocycles. The van der Waals surface area contributed by atoms with Crippen molar-refractivity contribution in [3.63, 3.8) is 0 Å². The van der Waals surface area contributed by atoms with E-state index >= 15 is 0 Å². The molecule has 19 heavy (non-hydrogen) atoms. The molecule has 0 aromatic carbocycles. The Hall–Kier alpha value is 1.28. The summed E-state index contributed by atoms with van der Waals surface area (Å²) in [7, 11) is 0. The zero-order chi connectivity index (χ0) is 14.0. The van der Waals surface area contributed by atoms with Crippen LogP contribution < -0.4 is 0 Å². The van der Waals surface area contributed by atoms with E-state index in [0.29, 0.717) is 0 Å². The predicted molar refractivity (Wildman–Crippen MR) is 94.8 cm³/mol. The van der Waals surface area contributed by atoms with Crippen LogP contribution >= 0.6 is 48.8 Å². The molecular weight excluding hydrogens is 320 g/mol. The van der Waals surface area contributed by atoms with Crippen molar-refractivity contribution < 1.29 is 14.2 Å². The Morgan fingerprint density at radius 1 is 0.526 bits per heavy atom. The third kappa shape index (κ3) is 19.3. The van der Waals surface area contributed by atoms with Gasteiger partial charge in [0.25, 0.3) is 0 Å². The van der Waals surface area contributed by atoms with Crippen LogP contribution in [0, 0.1) is 0 Å². The zero-order valence-electron chi connectivity index (χ0n) is 11.4. The van der Waals surface area contributed by atoms with Crippen molar-refractivity contribution in [3.05, 3.63) is 0 Å². The number of hydrogen-bond acceptors (Lipinski definition) is 7. The fraction of sp³-hybridized carbons (Fsp3) is 1.00. The molecule has 0 aliphatic heterocycles. The maximum atomic E-state index is 5.54.